The summed E-state index contributed by atoms with van der Waals surface area (Å²) in [5.41, 5.74) is 1.39. The third kappa shape index (κ3) is 3.97. The number of hydrogen-bond acceptors (Lipinski definition) is 4. The van der Waals surface area contributed by atoms with Crippen LogP contribution >= 0.6 is 23.2 Å². The van der Waals surface area contributed by atoms with Crippen LogP contribution in [-0.4, -0.2) is 24.9 Å². The number of halogens is 2. The Labute approximate surface area is 165 Å². The number of carbonyl (C=O) groups excluding carboxylic acids is 3. The van der Waals surface area contributed by atoms with E-state index < -0.39 is 23.8 Å². The SMILES string of the molecule is COC(=O)C(=O)C1=C(c2ccc(Cl)cc2)NC(=O)N[C@H]1c1ccc(Cl)cc1. The molecule has 0 unspecified atom stereocenters. The van der Waals surface area contributed by atoms with E-state index in [0.29, 0.717) is 21.2 Å². The quantitative estimate of drug-likeness (QED) is 0.603. The number of carbonyl (C=O) groups is 3. The minimum Gasteiger partial charge on any atom is -0.463 e. The number of hydrogen-bond donors (Lipinski definition) is 2. The van der Waals surface area contributed by atoms with Crippen LogP contribution in [0.4, 0.5) is 4.79 Å². The lowest BCUT2D eigenvalue weighted by Crippen LogP contribution is -2.46. The highest BCUT2D eigenvalue weighted by Crippen LogP contribution is 2.32. The Kier molecular flexibility index (Phi) is 5.48. The van der Waals surface area contributed by atoms with Gasteiger partial charge in [0, 0.05) is 10.0 Å². The van der Waals surface area contributed by atoms with E-state index in [1.165, 1.54) is 0 Å². The van der Waals surface area contributed by atoms with Gasteiger partial charge in [0.1, 0.15) is 0 Å². The summed E-state index contributed by atoms with van der Waals surface area (Å²) in [4.78, 5) is 37.0. The molecule has 2 aromatic rings. The molecule has 2 N–H and O–H groups in total. The van der Waals surface area contributed by atoms with Crippen LogP contribution in [0.25, 0.3) is 5.70 Å². The minimum absolute atomic E-state index is 0.0612. The number of methoxy groups -OCH3 is 1. The van der Waals surface area contributed by atoms with Crippen molar-refractivity contribution in [2.24, 2.45) is 0 Å². The molecular formula is C19H14Cl2N2O4. The van der Waals surface area contributed by atoms with Gasteiger partial charge in [0.25, 0.3) is 5.78 Å². The molecule has 0 radical (unpaired) electrons. The molecule has 0 saturated carbocycles. The van der Waals surface area contributed by atoms with Crippen LogP contribution in [0.15, 0.2) is 54.1 Å². The summed E-state index contributed by atoms with van der Waals surface area (Å²) in [6.45, 7) is 0. The van der Waals surface area contributed by atoms with E-state index in [1.54, 1.807) is 48.5 Å². The van der Waals surface area contributed by atoms with Crippen molar-refractivity contribution in [2.75, 3.05) is 7.11 Å². The van der Waals surface area contributed by atoms with Gasteiger partial charge in [-0.25, -0.2) is 9.59 Å². The number of ketones is 1. The van der Waals surface area contributed by atoms with Crippen LogP contribution < -0.4 is 10.6 Å². The average Bonchev–Trinajstić information content (AvgIpc) is 2.67. The van der Waals surface area contributed by atoms with Crippen molar-refractivity contribution in [1.82, 2.24) is 10.6 Å². The molecule has 3 rings (SSSR count). The number of rotatable bonds is 4. The summed E-state index contributed by atoms with van der Waals surface area (Å²) in [5, 5.41) is 6.27. The summed E-state index contributed by atoms with van der Waals surface area (Å²) in [7, 11) is 1.12. The molecule has 0 bridgehead atoms. The summed E-state index contributed by atoms with van der Waals surface area (Å²) >= 11 is 11.8. The third-order valence-corrected chi connectivity index (χ3v) is 4.53. The Morgan fingerprint density at radius 1 is 0.963 bits per heavy atom. The van der Waals surface area contributed by atoms with Crippen LogP contribution in [-0.2, 0) is 14.3 Å². The van der Waals surface area contributed by atoms with Gasteiger partial charge in [-0.05, 0) is 35.4 Å². The van der Waals surface area contributed by atoms with E-state index in [9.17, 15) is 14.4 Å². The van der Waals surface area contributed by atoms with Crippen LogP contribution in [0, 0.1) is 0 Å². The molecule has 2 aromatic carbocycles. The first-order valence-electron chi connectivity index (χ1n) is 7.86. The molecule has 1 atom stereocenters. The van der Waals surface area contributed by atoms with Gasteiger partial charge in [-0.15, -0.1) is 0 Å². The fraction of sp³-hybridized carbons (Fsp3) is 0.105. The number of urea groups is 1. The molecule has 0 saturated heterocycles. The Bertz CT molecular complexity index is 937. The van der Waals surface area contributed by atoms with E-state index in [2.05, 4.69) is 15.4 Å². The second kappa shape index (κ2) is 7.82. The first-order valence-corrected chi connectivity index (χ1v) is 8.62. The largest absolute Gasteiger partial charge is 0.463 e. The molecule has 2 amide bonds. The Morgan fingerprint density at radius 3 is 2.07 bits per heavy atom. The maximum Gasteiger partial charge on any atom is 0.379 e. The lowest BCUT2D eigenvalue weighted by atomic mass is 9.90. The summed E-state index contributed by atoms with van der Waals surface area (Å²) in [6.07, 6.45) is 0. The van der Waals surface area contributed by atoms with E-state index in [4.69, 9.17) is 23.2 Å². The van der Waals surface area contributed by atoms with E-state index >= 15 is 0 Å². The predicted molar refractivity (Wildman–Crippen MR) is 101 cm³/mol. The van der Waals surface area contributed by atoms with Crippen LogP contribution in [0.2, 0.25) is 10.0 Å². The van der Waals surface area contributed by atoms with Gasteiger partial charge < -0.3 is 15.4 Å². The van der Waals surface area contributed by atoms with Gasteiger partial charge in [-0.2, -0.15) is 0 Å². The molecule has 1 aliphatic rings. The topological polar surface area (TPSA) is 84.5 Å². The van der Waals surface area contributed by atoms with Crippen molar-refractivity contribution in [3.8, 4) is 0 Å². The summed E-state index contributed by atoms with van der Waals surface area (Å²) in [6, 6.07) is 11.8. The number of benzene rings is 2. The molecule has 27 heavy (non-hydrogen) atoms. The molecule has 0 fully saturated rings. The number of ether oxygens (including phenoxy) is 1. The van der Waals surface area contributed by atoms with Crippen LogP contribution in [0.5, 0.6) is 0 Å². The van der Waals surface area contributed by atoms with Crippen molar-refractivity contribution < 1.29 is 19.1 Å². The number of amides is 2. The normalized spacial score (nSPS) is 16.4. The van der Waals surface area contributed by atoms with E-state index in [0.717, 1.165) is 7.11 Å². The number of nitrogens with one attached hydrogen (secondary N) is 2. The maximum atomic E-state index is 12.8. The third-order valence-electron chi connectivity index (χ3n) is 4.02. The van der Waals surface area contributed by atoms with Crippen molar-refractivity contribution in [1.29, 1.82) is 0 Å². The Morgan fingerprint density at radius 2 is 1.52 bits per heavy atom. The summed E-state index contributed by atoms with van der Waals surface area (Å²) in [5.74, 6) is -1.90. The number of Topliss-reactive ketones (excluding diaryl/α,β-unsaturated/α-hetero) is 1. The van der Waals surface area contributed by atoms with Crippen molar-refractivity contribution in [3.63, 3.8) is 0 Å². The fourth-order valence-electron chi connectivity index (χ4n) is 2.76. The first kappa shape index (κ1) is 18.9. The van der Waals surface area contributed by atoms with Gasteiger partial charge in [0.15, 0.2) is 0 Å². The molecule has 0 aliphatic carbocycles. The molecular weight excluding hydrogens is 391 g/mol. The molecule has 8 heteroatoms. The first-order chi connectivity index (χ1) is 12.9. The zero-order valence-electron chi connectivity index (χ0n) is 14.1. The van der Waals surface area contributed by atoms with Gasteiger partial charge >= 0.3 is 12.0 Å². The monoisotopic (exact) mass is 404 g/mol. The zero-order chi connectivity index (χ0) is 19.6. The molecule has 0 aromatic heterocycles. The van der Waals surface area contributed by atoms with Crippen LogP contribution in [0.1, 0.15) is 17.2 Å². The van der Waals surface area contributed by atoms with Crippen molar-refractivity contribution in [2.45, 2.75) is 6.04 Å². The highest BCUT2D eigenvalue weighted by molar-refractivity contribution is 6.42. The van der Waals surface area contributed by atoms with Gasteiger partial charge in [-0.1, -0.05) is 47.5 Å². The Balaban J connectivity index is 2.21. The molecule has 6 nitrogen and oxygen atoms in total. The molecule has 138 valence electrons. The summed E-state index contributed by atoms with van der Waals surface area (Å²) < 4.78 is 4.59. The highest BCUT2D eigenvalue weighted by atomic mass is 35.5. The lowest BCUT2D eigenvalue weighted by Gasteiger charge is -2.29. The minimum atomic E-state index is -1.03. The van der Waals surface area contributed by atoms with Gasteiger partial charge in [0.2, 0.25) is 0 Å². The van der Waals surface area contributed by atoms with Gasteiger partial charge in [0.05, 0.1) is 24.4 Å². The second-order valence-electron chi connectivity index (χ2n) is 5.70. The lowest BCUT2D eigenvalue weighted by molar-refractivity contribution is -0.150. The smallest absolute Gasteiger partial charge is 0.379 e. The predicted octanol–water partition coefficient (Wildman–Crippen LogP) is 3.50. The van der Waals surface area contributed by atoms with E-state index in [-0.39, 0.29) is 11.3 Å². The van der Waals surface area contributed by atoms with Crippen molar-refractivity contribution in [3.05, 3.63) is 75.3 Å². The van der Waals surface area contributed by atoms with E-state index in [1.807, 2.05) is 0 Å². The Hall–Kier alpha value is -2.83. The standard InChI is InChI=1S/C19H14Cl2N2O4/c1-27-18(25)17(24)14-15(10-2-6-12(20)7-3-10)22-19(26)23-16(14)11-4-8-13(21)9-5-11/h2-9,15H,1H3,(H2,22,23,26)/t15-/m0/s1. The second-order valence-corrected chi connectivity index (χ2v) is 6.57. The fourth-order valence-corrected chi connectivity index (χ4v) is 3.01. The molecule has 1 aliphatic heterocycles. The van der Waals surface area contributed by atoms with Crippen LogP contribution in [0.3, 0.4) is 0 Å². The molecule has 1 heterocycles. The highest BCUT2D eigenvalue weighted by Gasteiger charge is 2.36. The molecule has 0 spiro atoms. The average molecular weight is 405 g/mol. The zero-order valence-corrected chi connectivity index (χ0v) is 15.6. The number of esters is 1. The van der Waals surface area contributed by atoms with Gasteiger partial charge in [-0.3, -0.25) is 4.79 Å². The van der Waals surface area contributed by atoms with Crippen molar-refractivity contribution >= 4 is 46.7 Å². The maximum absolute atomic E-state index is 12.8.